The van der Waals surface area contributed by atoms with Crippen LogP contribution in [-0.2, 0) is 13.2 Å². The number of ether oxygens (including phenoxy) is 1. The van der Waals surface area contributed by atoms with Gasteiger partial charge in [0.25, 0.3) is 5.69 Å². The molecular weight excluding hydrogens is 489 g/mol. The zero-order valence-corrected chi connectivity index (χ0v) is 18.7. The highest BCUT2D eigenvalue weighted by Crippen LogP contribution is 2.27. The van der Waals surface area contributed by atoms with Gasteiger partial charge in [0.2, 0.25) is 0 Å². The summed E-state index contributed by atoms with van der Waals surface area (Å²) in [6.45, 7) is 1.87. The van der Waals surface area contributed by atoms with E-state index < -0.39 is 4.92 Å². The van der Waals surface area contributed by atoms with Crippen molar-refractivity contribution in [2.75, 3.05) is 18.4 Å². The van der Waals surface area contributed by atoms with Crippen LogP contribution < -0.4 is 15.4 Å². The Labute approximate surface area is 192 Å². The monoisotopic (exact) mass is 507 g/mol. The highest BCUT2D eigenvalue weighted by molar-refractivity contribution is 9.10. The van der Waals surface area contributed by atoms with Gasteiger partial charge in [-0.1, -0.05) is 45.7 Å². The third kappa shape index (κ3) is 6.65. The fourth-order valence-corrected chi connectivity index (χ4v) is 3.52. The van der Waals surface area contributed by atoms with Gasteiger partial charge in [-0.05, 0) is 30.3 Å². The summed E-state index contributed by atoms with van der Waals surface area (Å²) in [5.74, 6) is 0.376. The summed E-state index contributed by atoms with van der Waals surface area (Å²) in [6, 6.07) is 16.5. The number of hydrogen-bond donors (Lipinski definition) is 2. The number of nitrogens with zero attached hydrogens (tertiary/aromatic N) is 1. The minimum atomic E-state index is -0.485. The Morgan fingerprint density at radius 2 is 1.87 bits per heavy atom. The van der Waals surface area contributed by atoms with E-state index in [1.165, 1.54) is 18.2 Å². The molecule has 0 radical (unpaired) electrons. The molecule has 0 saturated carbocycles. The number of anilines is 1. The minimum absolute atomic E-state index is 0.0498. The molecule has 162 valence electrons. The summed E-state index contributed by atoms with van der Waals surface area (Å²) < 4.78 is 20.6. The smallest absolute Gasteiger partial charge is 0.271 e. The van der Waals surface area contributed by atoms with E-state index in [-0.39, 0.29) is 18.1 Å². The second kappa shape index (κ2) is 11.1. The molecular formula is C22H20BrClFN3O3. The van der Waals surface area contributed by atoms with Crippen LogP contribution in [0, 0.1) is 15.9 Å². The lowest BCUT2D eigenvalue weighted by molar-refractivity contribution is -0.384. The van der Waals surface area contributed by atoms with Gasteiger partial charge in [-0.15, -0.1) is 0 Å². The summed E-state index contributed by atoms with van der Waals surface area (Å²) in [5.41, 5.74) is 2.00. The third-order valence-electron chi connectivity index (χ3n) is 4.46. The van der Waals surface area contributed by atoms with E-state index >= 15 is 0 Å². The minimum Gasteiger partial charge on any atom is -0.488 e. The number of nitrogens with one attached hydrogen (secondary N) is 2. The first-order valence-corrected chi connectivity index (χ1v) is 10.6. The van der Waals surface area contributed by atoms with E-state index in [1.54, 1.807) is 24.3 Å². The van der Waals surface area contributed by atoms with Gasteiger partial charge < -0.3 is 15.4 Å². The summed E-state index contributed by atoms with van der Waals surface area (Å²) in [7, 11) is 0. The molecule has 9 heteroatoms. The molecule has 0 aliphatic rings. The molecule has 3 aromatic rings. The van der Waals surface area contributed by atoms with Gasteiger partial charge in [-0.25, -0.2) is 4.39 Å². The second-order valence-corrected chi connectivity index (χ2v) is 7.98. The Bertz CT molecular complexity index is 1070. The number of nitro benzene ring substituents is 1. The van der Waals surface area contributed by atoms with Gasteiger partial charge in [0.05, 0.1) is 15.6 Å². The van der Waals surface area contributed by atoms with Crippen LogP contribution in [0.5, 0.6) is 5.75 Å². The number of hydrogen-bond acceptors (Lipinski definition) is 5. The largest absolute Gasteiger partial charge is 0.488 e. The lowest BCUT2D eigenvalue weighted by Gasteiger charge is -2.14. The van der Waals surface area contributed by atoms with Crippen molar-refractivity contribution in [1.29, 1.82) is 0 Å². The van der Waals surface area contributed by atoms with Crippen LogP contribution in [0.4, 0.5) is 15.8 Å². The maximum atomic E-state index is 13.8. The number of benzene rings is 3. The molecule has 0 aliphatic heterocycles. The molecule has 0 unspecified atom stereocenters. The molecule has 3 aromatic carbocycles. The maximum Gasteiger partial charge on any atom is 0.271 e. The molecule has 0 fully saturated rings. The molecule has 0 aliphatic carbocycles. The third-order valence-corrected chi connectivity index (χ3v) is 5.27. The zero-order valence-electron chi connectivity index (χ0n) is 16.4. The molecule has 0 spiro atoms. The van der Waals surface area contributed by atoms with Crippen molar-refractivity contribution in [3.8, 4) is 5.75 Å². The first kappa shape index (κ1) is 23.0. The Hall–Kier alpha value is -2.68. The standard InChI is InChI=1S/C22H20BrClFN3O3/c23-17-5-8-22(31-14-15-3-1-2-4-20(15)25)16(11-17)13-26-9-10-27-21-7-6-18(28(29)30)12-19(21)24/h1-8,11-12,26-27H,9-10,13-14H2. The molecule has 3 rings (SSSR count). The lowest BCUT2D eigenvalue weighted by Crippen LogP contribution is -2.22. The average Bonchev–Trinajstić information content (AvgIpc) is 2.74. The summed E-state index contributed by atoms with van der Waals surface area (Å²) >= 11 is 9.54. The number of rotatable bonds is 10. The first-order chi connectivity index (χ1) is 14.9. The van der Waals surface area contributed by atoms with E-state index in [0.717, 1.165) is 10.0 Å². The van der Waals surface area contributed by atoms with Crippen molar-refractivity contribution in [2.45, 2.75) is 13.2 Å². The van der Waals surface area contributed by atoms with Crippen molar-refractivity contribution in [1.82, 2.24) is 5.32 Å². The van der Waals surface area contributed by atoms with Gasteiger partial charge in [0.15, 0.2) is 0 Å². The van der Waals surface area contributed by atoms with Crippen LogP contribution in [0.2, 0.25) is 5.02 Å². The predicted octanol–water partition coefficient (Wildman–Crippen LogP) is 5.93. The van der Waals surface area contributed by atoms with E-state index in [1.807, 2.05) is 18.2 Å². The molecule has 0 heterocycles. The molecule has 0 bridgehead atoms. The van der Waals surface area contributed by atoms with Crippen molar-refractivity contribution in [2.24, 2.45) is 0 Å². The highest BCUT2D eigenvalue weighted by atomic mass is 79.9. The van der Waals surface area contributed by atoms with Gasteiger partial charge in [0, 0.05) is 47.4 Å². The fraction of sp³-hybridized carbons (Fsp3) is 0.182. The van der Waals surface area contributed by atoms with E-state index in [9.17, 15) is 14.5 Å². The predicted molar refractivity (Wildman–Crippen MR) is 123 cm³/mol. The quantitative estimate of drug-likeness (QED) is 0.202. The van der Waals surface area contributed by atoms with Crippen LogP contribution in [0.25, 0.3) is 0 Å². The lowest BCUT2D eigenvalue weighted by atomic mass is 10.2. The van der Waals surface area contributed by atoms with Gasteiger partial charge in [-0.3, -0.25) is 10.1 Å². The van der Waals surface area contributed by atoms with Crippen LogP contribution in [0.1, 0.15) is 11.1 Å². The van der Waals surface area contributed by atoms with Crippen LogP contribution in [0.15, 0.2) is 65.1 Å². The fourth-order valence-electron chi connectivity index (χ4n) is 2.87. The highest BCUT2D eigenvalue weighted by Gasteiger charge is 2.10. The SMILES string of the molecule is O=[N+]([O-])c1ccc(NCCNCc2cc(Br)ccc2OCc2ccccc2F)c(Cl)c1. The molecule has 0 atom stereocenters. The van der Waals surface area contributed by atoms with Crippen molar-refractivity contribution in [3.63, 3.8) is 0 Å². The molecule has 6 nitrogen and oxygen atoms in total. The van der Waals surface area contributed by atoms with Crippen molar-refractivity contribution >= 4 is 38.9 Å². The number of halogens is 3. The maximum absolute atomic E-state index is 13.8. The zero-order chi connectivity index (χ0) is 22.2. The van der Waals surface area contributed by atoms with Crippen molar-refractivity contribution < 1.29 is 14.1 Å². The Morgan fingerprint density at radius 1 is 1.06 bits per heavy atom. The Kier molecular flexibility index (Phi) is 8.22. The number of non-ortho nitro benzene ring substituents is 1. The summed E-state index contributed by atoms with van der Waals surface area (Å²) in [6.07, 6.45) is 0. The molecule has 31 heavy (non-hydrogen) atoms. The van der Waals surface area contributed by atoms with Gasteiger partial charge >= 0.3 is 0 Å². The van der Waals surface area contributed by atoms with Crippen LogP contribution >= 0.6 is 27.5 Å². The summed E-state index contributed by atoms with van der Waals surface area (Å²) in [5, 5.41) is 17.5. The topological polar surface area (TPSA) is 76.4 Å². The molecule has 0 saturated heterocycles. The van der Waals surface area contributed by atoms with Crippen molar-refractivity contribution in [3.05, 3.63) is 97.2 Å². The summed E-state index contributed by atoms with van der Waals surface area (Å²) in [4.78, 5) is 10.3. The molecule has 0 amide bonds. The van der Waals surface area contributed by atoms with E-state index in [2.05, 4.69) is 26.6 Å². The first-order valence-electron chi connectivity index (χ1n) is 9.47. The van der Waals surface area contributed by atoms with E-state index in [0.29, 0.717) is 41.7 Å². The number of nitro groups is 1. The average molecular weight is 509 g/mol. The van der Waals surface area contributed by atoms with E-state index in [4.69, 9.17) is 16.3 Å². The molecule has 0 aromatic heterocycles. The second-order valence-electron chi connectivity index (χ2n) is 6.66. The Balaban J connectivity index is 1.51. The van der Waals surface area contributed by atoms with Crippen LogP contribution in [0.3, 0.4) is 0 Å². The van der Waals surface area contributed by atoms with Gasteiger partial charge in [0.1, 0.15) is 18.2 Å². The normalized spacial score (nSPS) is 10.7. The van der Waals surface area contributed by atoms with Gasteiger partial charge in [-0.2, -0.15) is 0 Å². The molecule has 2 N–H and O–H groups in total. The van der Waals surface area contributed by atoms with Crippen LogP contribution in [-0.4, -0.2) is 18.0 Å². The Morgan fingerprint density at radius 3 is 2.61 bits per heavy atom.